The molecule has 0 fully saturated rings. The smallest absolute Gasteiger partial charge is 0.148 e. The van der Waals surface area contributed by atoms with Crippen LogP contribution in [0.25, 0.3) is 5.69 Å². The highest BCUT2D eigenvalue weighted by Crippen LogP contribution is 2.20. The molecule has 0 bridgehead atoms. The second kappa shape index (κ2) is 6.58. The Morgan fingerprint density at radius 1 is 1.18 bits per heavy atom. The summed E-state index contributed by atoms with van der Waals surface area (Å²) in [5.41, 5.74) is 2.98. The van der Waals surface area contributed by atoms with Crippen molar-refractivity contribution in [1.82, 2.24) is 19.7 Å². The molecule has 22 heavy (non-hydrogen) atoms. The van der Waals surface area contributed by atoms with Crippen molar-refractivity contribution in [2.75, 3.05) is 11.9 Å². The molecule has 2 heterocycles. The third kappa shape index (κ3) is 3.26. The summed E-state index contributed by atoms with van der Waals surface area (Å²) in [5.74, 6) is 0.671. The zero-order chi connectivity index (χ0) is 15.4. The maximum Gasteiger partial charge on any atom is 0.148 e. The SMILES string of the molecule is Cc1ncnc(NCCc2cnn(-c3ccccc3)c2)c1Cl. The lowest BCUT2D eigenvalue weighted by Crippen LogP contribution is -2.07. The summed E-state index contributed by atoms with van der Waals surface area (Å²) in [7, 11) is 0. The molecule has 1 aromatic carbocycles. The molecule has 0 aliphatic carbocycles. The van der Waals surface area contributed by atoms with Gasteiger partial charge in [0.05, 0.1) is 17.6 Å². The van der Waals surface area contributed by atoms with Crippen LogP contribution in [0.1, 0.15) is 11.3 Å². The highest BCUT2D eigenvalue weighted by molar-refractivity contribution is 6.33. The molecule has 0 saturated heterocycles. The Balaban J connectivity index is 1.61. The highest BCUT2D eigenvalue weighted by atomic mass is 35.5. The summed E-state index contributed by atoms with van der Waals surface area (Å²) in [5, 5.41) is 8.18. The zero-order valence-corrected chi connectivity index (χ0v) is 13.0. The van der Waals surface area contributed by atoms with Crippen molar-refractivity contribution in [3.05, 3.63) is 65.3 Å². The van der Waals surface area contributed by atoms with Crippen molar-refractivity contribution < 1.29 is 0 Å². The maximum absolute atomic E-state index is 6.16. The van der Waals surface area contributed by atoms with E-state index >= 15 is 0 Å². The first-order chi connectivity index (χ1) is 10.7. The number of benzene rings is 1. The van der Waals surface area contributed by atoms with Gasteiger partial charge in [-0.05, 0) is 31.0 Å². The first-order valence-corrected chi connectivity index (χ1v) is 7.42. The Hall–Kier alpha value is -2.40. The summed E-state index contributed by atoms with van der Waals surface area (Å²) in [6.07, 6.45) is 6.26. The van der Waals surface area contributed by atoms with Gasteiger partial charge in [0.25, 0.3) is 0 Å². The highest BCUT2D eigenvalue weighted by Gasteiger charge is 2.05. The van der Waals surface area contributed by atoms with Crippen molar-refractivity contribution in [2.45, 2.75) is 13.3 Å². The van der Waals surface area contributed by atoms with Gasteiger partial charge in [-0.1, -0.05) is 29.8 Å². The number of rotatable bonds is 5. The molecule has 1 N–H and O–H groups in total. The molecule has 3 rings (SSSR count). The zero-order valence-electron chi connectivity index (χ0n) is 12.2. The lowest BCUT2D eigenvalue weighted by Gasteiger charge is -2.07. The van der Waals surface area contributed by atoms with E-state index in [9.17, 15) is 0 Å². The van der Waals surface area contributed by atoms with E-state index in [1.54, 1.807) is 0 Å². The number of nitrogens with zero attached hydrogens (tertiary/aromatic N) is 4. The summed E-state index contributed by atoms with van der Waals surface area (Å²) in [4.78, 5) is 8.19. The van der Waals surface area contributed by atoms with Gasteiger partial charge in [-0.2, -0.15) is 5.10 Å². The molecule has 0 atom stereocenters. The number of hydrogen-bond acceptors (Lipinski definition) is 4. The third-order valence-corrected chi connectivity index (χ3v) is 3.78. The second-order valence-corrected chi connectivity index (χ2v) is 5.31. The predicted molar refractivity (Wildman–Crippen MR) is 87.5 cm³/mol. The van der Waals surface area contributed by atoms with Gasteiger partial charge in [0, 0.05) is 12.7 Å². The van der Waals surface area contributed by atoms with Crippen LogP contribution in [0.3, 0.4) is 0 Å². The molecule has 5 nitrogen and oxygen atoms in total. The Kier molecular flexibility index (Phi) is 4.34. The van der Waals surface area contributed by atoms with Gasteiger partial charge < -0.3 is 5.32 Å². The van der Waals surface area contributed by atoms with E-state index < -0.39 is 0 Å². The van der Waals surface area contributed by atoms with Gasteiger partial charge in [0.1, 0.15) is 17.2 Å². The first-order valence-electron chi connectivity index (χ1n) is 7.04. The molecule has 0 unspecified atom stereocenters. The van der Waals surface area contributed by atoms with Crippen molar-refractivity contribution in [3.63, 3.8) is 0 Å². The van der Waals surface area contributed by atoms with Gasteiger partial charge in [0.15, 0.2) is 0 Å². The molecular weight excluding hydrogens is 298 g/mol. The number of halogens is 1. The summed E-state index contributed by atoms with van der Waals surface area (Å²) in [6, 6.07) is 10.0. The molecule has 3 aromatic rings. The van der Waals surface area contributed by atoms with Crippen LogP contribution in [-0.2, 0) is 6.42 Å². The van der Waals surface area contributed by atoms with E-state index in [1.807, 2.05) is 54.3 Å². The quantitative estimate of drug-likeness (QED) is 0.785. The molecule has 6 heteroatoms. The molecule has 0 aliphatic rings. The van der Waals surface area contributed by atoms with Gasteiger partial charge in [-0.15, -0.1) is 0 Å². The van der Waals surface area contributed by atoms with Crippen molar-refractivity contribution in [2.24, 2.45) is 0 Å². The van der Waals surface area contributed by atoms with E-state index in [0.29, 0.717) is 10.8 Å². The average molecular weight is 314 g/mol. The van der Waals surface area contributed by atoms with Gasteiger partial charge >= 0.3 is 0 Å². The van der Waals surface area contributed by atoms with E-state index in [-0.39, 0.29) is 0 Å². The second-order valence-electron chi connectivity index (χ2n) is 4.93. The number of aryl methyl sites for hydroxylation is 1. The van der Waals surface area contributed by atoms with Crippen molar-refractivity contribution in [3.8, 4) is 5.69 Å². The number of para-hydroxylation sites is 1. The van der Waals surface area contributed by atoms with Crippen LogP contribution in [0, 0.1) is 6.92 Å². The minimum atomic E-state index is 0.572. The van der Waals surface area contributed by atoms with Crippen LogP contribution < -0.4 is 5.32 Å². The molecule has 112 valence electrons. The monoisotopic (exact) mass is 313 g/mol. The maximum atomic E-state index is 6.16. The van der Waals surface area contributed by atoms with Crippen LogP contribution in [0.2, 0.25) is 5.02 Å². The fourth-order valence-electron chi connectivity index (χ4n) is 2.12. The fourth-order valence-corrected chi connectivity index (χ4v) is 2.28. The largest absolute Gasteiger partial charge is 0.368 e. The molecule has 0 aliphatic heterocycles. The Labute approximate surface area is 134 Å². The van der Waals surface area contributed by atoms with Gasteiger partial charge in [-0.3, -0.25) is 0 Å². The molecule has 0 radical (unpaired) electrons. The van der Waals surface area contributed by atoms with Crippen LogP contribution in [0.4, 0.5) is 5.82 Å². The normalized spacial score (nSPS) is 10.6. The van der Waals surface area contributed by atoms with Crippen molar-refractivity contribution in [1.29, 1.82) is 0 Å². The Morgan fingerprint density at radius 3 is 2.82 bits per heavy atom. The van der Waals surface area contributed by atoms with E-state index in [4.69, 9.17) is 11.6 Å². The minimum absolute atomic E-state index is 0.572. The third-order valence-electron chi connectivity index (χ3n) is 3.33. The van der Waals surface area contributed by atoms with Gasteiger partial charge in [0.2, 0.25) is 0 Å². The average Bonchev–Trinajstić information content (AvgIpc) is 3.01. The van der Waals surface area contributed by atoms with Crippen molar-refractivity contribution >= 4 is 17.4 Å². The molecule has 0 amide bonds. The number of nitrogens with one attached hydrogen (secondary N) is 1. The lowest BCUT2D eigenvalue weighted by molar-refractivity contribution is 0.879. The van der Waals surface area contributed by atoms with Crippen LogP contribution >= 0.6 is 11.6 Å². The molecule has 0 spiro atoms. The summed E-state index contributed by atoms with van der Waals surface area (Å²) in [6.45, 7) is 2.59. The van der Waals surface area contributed by atoms with E-state index in [2.05, 4.69) is 20.4 Å². The number of aromatic nitrogens is 4. The lowest BCUT2D eigenvalue weighted by atomic mass is 10.2. The van der Waals surface area contributed by atoms with Crippen LogP contribution in [0.5, 0.6) is 0 Å². The van der Waals surface area contributed by atoms with E-state index in [1.165, 1.54) is 6.33 Å². The number of hydrogen-bond donors (Lipinski definition) is 1. The Bertz CT molecular complexity index is 754. The Morgan fingerprint density at radius 2 is 2.00 bits per heavy atom. The molecule has 2 aromatic heterocycles. The minimum Gasteiger partial charge on any atom is -0.368 e. The molecular formula is C16H16ClN5. The predicted octanol–water partition coefficient (Wildman–Crippen LogP) is 3.28. The van der Waals surface area contributed by atoms with E-state index in [0.717, 1.165) is 29.9 Å². The fraction of sp³-hybridized carbons (Fsp3) is 0.188. The number of anilines is 1. The first kappa shape index (κ1) is 14.5. The van der Waals surface area contributed by atoms with Gasteiger partial charge in [-0.25, -0.2) is 14.6 Å². The van der Waals surface area contributed by atoms with Crippen LogP contribution in [-0.4, -0.2) is 26.3 Å². The standard InChI is InChI=1S/C16H16ClN5/c1-12-15(17)16(20-11-19-12)18-8-7-13-9-21-22(10-13)14-5-3-2-4-6-14/h2-6,9-11H,7-8H2,1H3,(H,18,19,20). The summed E-state index contributed by atoms with van der Waals surface area (Å²) >= 11 is 6.16. The topological polar surface area (TPSA) is 55.6 Å². The molecule has 0 saturated carbocycles. The van der Waals surface area contributed by atoms with Crippen LogP contribution in [0.15, 0.2) is 49.1 Å². The summed E-state index contributed by atoms with van der Waals surface area (Å²) < 4.78 is 1.87.